The molecule has 0 aromatic heterocycles. The van der Waals surface area contributed by atoms with E-state index in [1.165, 1.54) is 17.7 Å². The van der Waals surface area contributed by atoms with Crippen LogP contribution in [0.2, 0.25) is 0 Å². The normalized spacial score (nSPS) is 32.6. The van der Waals surface area contributed by atoms with Crippen molar-refractivity contribution in [2.75, 3.05) is 20.6 Å². The summed E-state index contributed by atoms with van der Waals surface area (Å²) in [6.45, 7) is 0.860. The second kappa shape index (κ2) is 7.96. The molecule has 1 N–H and O–H groups in total. The van der Waals surface area contributed by atoms with Crippen molar-refractivity contribution in [2.24, 2.45) is 0 Å². The number of likely N-dealkylation sites (N-methyl/N-ethyl adjacent to an activating group) is 2. The molecule has 2 aliphatic carbocycles. The van der Waals surface area contributed by atoms with Gasteiger partial charge in [-0.25, -0.2) is 0 Å². The molecule has 2 bridgehead atoms. The van der Waals surface area contributed by atoms with Crippen molar-refractivity contribution in [2.45, 2.75) is 73.9 Å². The van der Waals surface area contributed by atoms with Gasteiger partial charge in [-0.3, -0.25) is 4.79 Å². The van der Waals surface area contributed by atoms with Crippen molar-refractivity contribution in [3.8, 4) is 5.75 Å². The molecule has 2 fully saturated rings. The van der Waals surface area contributed by atoms with Crippen molar-refractivity contribution >= 4 is 5.91 Å². The Kier molecular flexibility index (Phi) is 5.26. The average Bonchev–Trinajstić information content (AvgIpc) is 3.19. The van der Waals surface area contributed by atoms with Crippen molar-refractivity contribution in [1.82, 2.24) is 9.80 Å². The number of carbonyl (C=O) groups excluding carboxylic acids is 1. The van der Waals surface area contributed by atoms with E-state index in [1.807, 2.05) is 12.1 Å². The molecule has 1 saturated heterocycles. The number of benzene rings is 2. The number of alkyl halides is 3. The summed E-state index contributed by atoms with van der Waals surface area (Å²) in [6, 6.07) is 11.0. The van der Waals surface area contributed by atoms with Gasteiger partial charge in [-0.1, -0.05) is 24.3 Å². The summed E-state index contributed by atoms with van der Waals surface area (Å²) in [5.74, 6) is 0.762. The van der Waals surface area contributed by atoms with Crippen LogP contribution in [-0.4, -0.2) is 65.2 Å². The number of nitrogens with zero attached hydrogens (tertiary/aromatic N) is 2. The Morgan fingerprint density at radius 1 is 1.19 bits per heavy atom. The molecule has 0 radical (unpaired) electrons. The SMILES string of the molecule is CN(C(=O)CCc1ccc(C(F)(F)F)cc1)C1CC[C@@]2(O)[C@H]3Cc4cccc5c4[C@@]2(CCN3C)C1O5. The van der Waals surface area contributed by atoms with E-state index < -0.39 is 22.8 Å². The Morgan fingerprint density at radius 2 is 1.94 bits per heavy atom. The predicted octanol–water partition coefficient (Wildman–Crippen LogP) is 3.95. The van der Waals surface area contributed by atoms with Crippen LogP contribution >= 0.6 is 0 Å². The van der Waals surface area contributed by atoms with Crippen molar-refractivity contribution < 1.29 is 27.8 Å². The van der Waals surface area contributed by atoms with E-state index in [-0.39, 0.29) is 30.5 Å². The molecule has 2 aliphatic heterocycles. The molecular formula is C28H31F3N2O3. The molecule has 1 saturated carbocycles. The fourth-order valence-electron chi connectivity index (χ4n) is 7.57. The molecule has 2 aromatic rings. The Labute approximate surface area is 208 Å². The van der Waals surface area contributed by atoms with E-state index in [2.05, 4.69) is 18.0 Å². The average molecular weight is 501 g/mol. The van der Waals surface area contributed by atoms with Gasteiger partial charge in [0.05, 0.1) is 22.6 Å². The summed E-state index contributed by atoms with van der Waals surface area (Å²) in [4.78, 5) is 17.3. The van der Waals surface area contributed by atoms with Gasteiger partial charge < -0.3 is 19.6 Å². The van der Waals surface area contributed by atoms with Crippen LogP contribution in [0.15, 0.2) is 42.5 Å². The number of aliphatic hydroxyl groups is 1. The Morgan fingerprint density at radius 3 is 2.67 bits per heavy atom. The summed E-state index contributed by atoms with van der Waals surface area (Å²) in [5, 5.41) is 12.2. The lowest BCUT2D eigenvalue weighted by Gasteiger charge is -2.64. The maximum atomic E-state index is 13.3. The van der Waals surface area contributed by atoms with Gasteiger partial charge in [0.2, 0.25) is 5.91 Å². The van der Waals surface area contributed by atoms with E-state index >= 15 is 0 Å². The smallest absolute Gasteiger partial charge is 0.416 e. The van der Waals surface area contributed by atoms with Crippen molar-refractivity contribution in [3.63, 3.8) is 0 Å². The zero-order chi connectivity index (χ0) is 25.5. The number of carbonyl (C=O) groups is 1. The maximum Gasteiger partial charge on any atom is 0.416 e. The fourth-order valence-corrected chi connectivity index (χ4v) is 7.57. The summed E-state index contributed by atoms with van der Waals surface area (Å²) >= 11 is 0. The maximum absolute atomic E-state index is 13.3. The fraction of sp³-hybridized carbons (Fsp3) is 0.536. The van der Waals surface area contributed by atoms with Gasteiger partial charge in [-0.15, -0.1) is 0 Å². The van der Waals surface area contributed by atoms with Crippen LogP contribution in [0.25, 0.3) is 0 Å². The van der Waals surface area contributed by atoms with Gasteiger partial charge in [0, 0.05) is 25.1 Å². The van der Waals surface area contributed by atoms with Crippen molar-refractivity contribution in [3.05, 3.63) is 64.7 Å². The lowest BCUT2D eigenvalue weighted by atomic mass is 9.48. The van der Waals surface area contributed by atoms with E-state index in [9.17, 15) is 23.1 Å². The third kappa shape index (κ3) is 3.19. The van der Waals surface area contributed by atoms with Gasteiger partial charge in [-0.2, -0.15) is 13.2 Å². The minimum absolute atomic E-state index is 0.0137. The molecule has 8 heteroatoms. The number of rotatable bonds is 4. The number of amides is 1. The molecule has 5 atom stereocenters. The number of piperidine rings is 1. The monoisotopic (exact) mass is 500 g/mol. The zero-order valence-electron chi connectivity index (χ0n) is 20.5. The molecular weight excluding hydrogens is 469 g/mol. The first-order chi connectivity index (χ1) is 17.1. The van der Waals surface area contributed by atoms with Crippen LogP contribution in [0, 0.1) is 0 Å². The molecule has 5 nitrogen and oxygen atoms in total. The number of ether oxygens (including phenoxy) is 1. The lowest BCUT2D eigenvalue weighted by molar-refractivity contribution is -0.196. The van der Waals surface area contributed by atoms with E-state index in [0.29, 0.717) is 24.8 Å². The molecule has 36 heavy (non-hydrogen) atoms. The third-order valence-electron chi connectivity index (χ3n) is 9.40. The number of hydrogen-bond acceptors (Lipinski definition) is 4. The molecule has 4 aliphatic rings. The second-order valence-electron chi connectivity index (χ2n) is 11.0. The highest BCUT2D eigenvalue weighted by atomic mass is 19.4. The highest BCUT2D eigenvalue weighted by Crippen LogP contribution is 2.64. The highest BCUT2D eigenvalue weighted by Gasteiger charge is 2.72. The van der Waals surface area contributed by atoms with Gasteiger partial charge in [0.25, 0.3) is 0 Å². The first-order valence-electron chi connectivity index (χ1n) is 12.7. The highest BCUT2D eigenvalue weighted by molar-refractivity contribution is 5.77. The molecule has 2 unspecified atom stereocenters. The minimum atomic E-state index is -4.37. The Balaban J connectivity index is 1.24. The van der Waals surface area contributed by atoms with Gasteiger partial charge in [0.15, 0.2) is 0 Å². The van der Waals surface area contributed by atoms with Crippen molar-refractivity contribution in [1.29, 1.82) is 0 Å². The number of halogens is 3. The molecule has 2 heterocycles. The number of hydrogen-bond donors (Lipinski definition) is 1. The molecule has 1 amide bonds. The standard InChI is InChI=1S/C28H31F3N2O3/c1-32-15-14-26-24-18-4-3-5-21(24)36-25(26)20(12-13-27(26,35)22(32)16-18)33(2)23(34)11-8-17-6-9-19(10-7-17)28(29,30)31/h3-7,9-10,20,22,25,35H,8,11-16H2,1-2H3/t20?,22-,25?,26+,27-/m1/s1. The van der Waals surface area contributed by atoms with E-state index in [0.717, 1.165) is 42.8 Å². The van der Waals surface area contributed by atoms with E-state index in [4.69, 9.17) is 4.74 Å². The summed E-state index contributed by atoms with van der Waals surface area (Å²) < 4.78 is 45.1. The van der Waals surface area contributed by atoms with Gasteiger partial charge in [-0.05, 0) is 75.0 Å². The minimum Gasteiger partial charge on any atom is -0.487 e. The topological polar surface area (TPSA) is 53.0 Å². The van der Waals surface area contributed by atoms with Crippen LogP contribution in [0.1, 0.15) is 47.9 Å². The second-order valence-corrected chi connectivity index (χ2v) is 11.0. The van der Waals surface area contributed by atoms with Crippen LogP contribution in [0.4, 0.5) is 13.2 Å². The summed E-state index contributed by atoms with van der Waals surface area (Å²) in [6.07, 6.45) is -1.34. The Hall–Kier alpha value is -2.58. The number of likely N-dealkylation sites (tertiary alicyclic amines) is 1. The largest absolute Gasteiger partial charge is 0.487 e. The van der Waals surface area contributed by atoms with Gasteiger partial charge >= 0.3 is 6.18 Å². The lowest BCUT2D eigenvalue weighted by Crippen LogP contribution is -2.77. The quantitative estimate of drug-likeness (QED) is 0.691. The molecule has 192 valence electrons. The van der Waals surface area contributed by atoms with E-state index in [1.54, 1.807) is 11.9 Å². The number of aryl methyl sites for hydroxylation is 1. The summed E-state index contributed by atoms with van der Waals surface area (Å²) in [7, 11) is 3.88. The van der Waals surface area contributed by atoms with Crippen LogP contribution in [-0.2, 0) is 29.2 Å². The Bertz CT molecular complexity index is 1200. The third-order valence-corrected chi connectivity index (χ3v) is 9.40. The van der Waals surface area contributed by atoms with Crippen LogP contribution in [0.3, 0.4) is 0 Å². The molecule has 6 rings (SSSR count). The first kappa shape index (κ1) is 23.8. The molecule has 1 spiro atoms. The predicted molar refractivity (Wildman–Crippen MR) is 128 cm³/mol. The van der Waals surface area contributed by atoms with Crippen LogP contribution < -0.4 is 4.74 Å². The zero-order valence-corrected chi connectivity index (χ0v) is 20.5. The van der Waals surface area contributed by atoms with Gasteiger partial charge in [0.1, 0.15) is 11.9 Å². The first-order valence-corrected chi connectivity index (χ1v) is 12.7. The van der Waals surface area contributed by atoms with Crippen LogP contribution in [0.5, 0.6) is 5.75 Å². The summed E-state index contributed by atoms with van der Waals surface area (Å²) in [5.41, 5.74) is 0.917. The molecule has 2 aromatic carbocycles.